The van der Waals surface area contributed by atoms with Crippen molar-refractivity contribution in [1.82, 2.24) is 10.6 Å². The molecule has 0 spiro atoms. The zero-order valence-corrected chi connectivity index (χ0v) is 18.7. The molecule has 0 bridgehead atoms. The van der Waals surface area contributed by atoms with Crippen molar-refractivity contribution in [1.29, 1.82) is 0 Å². The summed E-state index contributed by atoms with van der Waals surface area (Å²) >= 11 is 3.47. The van der Waals surface area contributed by atoms with E-state index in [0.29, 0.717) is 18.3 Å². The second-order valence-electron chi connectivity index (χ2n) is 5.49. The highest BCUT2D eigenvalue weighted by atomic mass is 127. The summed E-state index contributed by atoms with van der Waals surface area (Å²) in [6, 6.07) is 11.2. The van der Waals surface area contributed by atoms with E-state index in [1.54, 1.807) is 12.1 Å². The molecule has 0 aliphatic carbocycles. The molecule has 144 valence electrons. The van der Waals surface area contributed by atoms with Crippen LogP contribution in [0, 0.1) is 0 Å². The molecule has 26 heavy (non-hydrogen) atoms. The minimum Gasteiger partial charge on any atom is -0.488 e. The molecule has 1 heterocycles. The fourth-order valence-corrected chi connectivity index (χ4v) is 2.51. The fourth-order valence-electron chi connectivity index (χ4n) is 2.13. The number of para-hydroxylation sites is 1. The van der Waals surface area contributed by atoms with Crippen LogP contribution in [0.3, 0.4) is 0 Å². The normalized spacial score (nSPS) is 13.5. The van der Waals surface area contributed by atoms with Gasteiger partial charge in [-0.25, -0.2) is 0 Å². The van der Waals surface area contributed by atoms with Gasteiger partial charge in [-0.05, 0) is 54.0 Å². The second kappa shape index (κ2) is 12.2. The van der Waals surface area contributed by atoms with Crippen molar-refractivity contribution in [3.05, 3.63) is 52.9 Å². The van der Waals surface area contributed by atoms with Gasteiger partial charge in [0.05, 0.1) is 23.8 Å². The molecule has 2 rings (SSSR count). The number of nitrogens with one attached hydrogen (secondary N) is 2. The van der Waals surface area contributed by atoms with E-state index in [1.807, 2.05) is 38.1 Å². The summed E-state index contributed by atoms with van der Waals surface area (Å²) in [5.41, 5.74) is 0. The third kappa shape index (κ3) is 7.55. The molecule has 2 atom stereocenters. The minimum atomic E-state index is -0.764. The molecule has 0 amide bonds. The average molecular weight is 538 g/mol. The topological polar surface area (TPSA) is 79.0 Å². The van der Waals surface area contributed by atoms with Gasteiger partial charge in [0, 0.05) is 6.54 Å². The van der Waals surface area contributed by atoms with Crippen LogP contribution < -0.4 is 15.4 Å². The zero-order valence-electron chi connectivity index (χ0n) is 14.8. The number of hydrogen-bond acceptors (Lipinski definition) is 4. The summed E-state index contributed by atoms with van der Waals surface area (Å²) in [5, 5.41) is 16.4. The minimum absolute atomic E-state index is 0. The van der Waals surface area contributed by atoms with E-state index in [0.717, 1.165) is 16.8 Å². The number of nitrogens with zero attached hydrogens (tertiary/aromatic N) is 1. The molecule has 6 nitrogen and oxygen atoms in total. The van der Waals surface area contributed by atoms with Gasteiger partial charge < -0.3 is 24.9 Å². The van der Waals surface area contributed by atoms with Gasteiger partial charge in [-0.15, -0.1) is 24.0 Å². The summed E-state index contributed by atoms with van der Waals surface area (Å²) in [4.78, 5) is 4.39. The predicted molar refractivity (Wildman–Crippen MR) is 117 cm³/mol. The van der Waals surface area contributed by atoms with Crippen LogP contribution in [-0.2, 0) is 0 Å². The van der Waals surface area contributed by atoms with Crippen LogP contribution in [0.5, 0.6) is 5.75 Å². The molecular weight excluding hydrogens is 513 g/mol. The number of aliphatic imine (C=N–C) groups is 1. The first-order chi connectivity index (χ1) is 12.1. The van der Waals surface area contributed by atoms with Crippen LogP contribution in [0.15, 0.2) is 56.5 Å². The van der Waals surface area contributed by atoms with E-state index in [2.05, 4.69) is 31.6 Å². The maximum Gasteiger partial charge on any atom is 0.191 e. The van der Waals surface area contributed by atoms with Crippen LogP contribution in [0.25, 0.3) is 0 Å². The second-order valence-corrected chi connectivity index (χ2v) is 6.34. The van der Waals surface area contributed by atoms with E-state index < -0.39 is 6.10 Å². The lowest BCUT2D eigenvalue weighted by Gasteiger charge is -2.18. The SMILES string of the molecule is CCNC(=NCC(O)c1ccco1)NCC(C)Oc1ccccc1Br.I. The third-order valence-corrected chi connectivity index (χ3v) is 4.02. The van der Waals surface area contributed by atoms with Crippen molar-refractivity contribution in [2.75, 3.05) is 19.6 Å². The number of furan rings is 1. The molecule has 0 fully saturated rings. The molecule has 3 N–H and O–H groups in total. The quantitative estimate of drug-likeness (QED) is 0.272. The van der Waals surface area contributed by atoms with Crippen LogP contribution in [-0.4, -0.2) is 36.8 Å². The summed E-state index contributed by atoms with van der Waals surface area (Å²) in [5.74, 6) is 1.92. The van der Waals surface area contributed by atoms with Crippen LogP contribution in [0.2, 0.25) is 0 Å². The molecular formula is C18H25BrIN3O3. The van der Waals surface area contributed by atoms with Crippen molar-refractivity contribution in [2.45, 2.75) is 26.1 Å². The van der Waals surface area contributed by atoms with Crippen LogP contribution in [0.1, 0.15) is 25.7 Å². The molecule has 0 saturated heterocycles. The Bertz CT molecular complexity index is 667. The molecule has 2 aromatic rings. The van der Waals surface area contributed by atoms with Crippen molar-refractivity contribution in [3.63, 3.8) is 0 Å². The lowest BCUT2D eigenvalue weighted by molar-refractivity contribution is 0.158. The first-order valence-electron chi connectivity index (χ1n) is 8.25. The number of ether oxygens (including phenoxy) is 1. The standard InChI is InChI=1S/C18H24BrN3O3.HI/c1-3-20-18(22-12-15(23)17-9-6-10-24-17)21-11-13(2)25-16-8-5-4-7-14(16)19;/h4-10,13,15,23H,3,11-12H2,1-2H3,(H2,20,21,22);1H. The summed E-state index contributed by atoms with van der Waals surface area (Å²) in [6.45, 7) is 5.48. The average Bonchev–Trinajstić information content (AvgIpc) is 3.14. The van der Waals surface area contributed by atoms with Gasteiger partial charge in [0.15, 0.2) is 5.96 Å². The van der Waals surface area contributed by atoms with Gasteiger partial charge in [-0.2, -0.15) is 0 Å². The Morgan fingerprint density at radius 2 is 2.04 bits per heavy atom. The highest BCUT2D eigenvalue weighted by molar-refractivity contribution is 14.0. The van der Waals surface area contributed by atoms with Gasteiger partial charge in [0.1, 0.15) is 23.7 Å². The Kier molecular flexibility index (Phi) is 10.7. The van der Waals surface area contributed by atoms with E-state index >= 15 is 0 Å². The van der Waals surface area contributed by atoms with Gasteiger partial charge in [0.25, 0.3) is 0 Å². The van der Waals surface area contributed by atoms with Gasteiger partial charge in [-0.3, -0.25) is 4.99 Å². The molecule has 0 aliphatic rings. The lowest BCUT2D eigenvalue weighted by atomic mass is 10.3. The van der Waals surface area contributed by atoms with Crippen LogP contribution >= 0.6 is 39.9 Å². The maximum atomic E-state index is 10.0. The molecule has 0 radical (unpaired) electrons. The molecule has 1 aromatic heterocycles. The number of hydrogen-bond donors (Lipinski definition) is 3. The molecule has 2 unspecified atom stereocenters. The maximum absolute atomic E-state index is 10.0. The van der Waals surface area contributed by atoms with Crippen LogP contribution in [0.4, 0.5) is 0 Å². The number of guanidine groups is 1. The largest absolute Gasteiger partial charge is 0.488 e. The Morgan fingerprint density at radius 3 is 2.69 bits per heavy atom. The smallest absolute Gasteiger partial charge is 0.191 e. The monoisotopic (exact) mass is 537 g/mol. The lowest BCUT2D eigenvalue weighted by Crippen LogP contribution is -2.42. The zero-order chi connectivity index (χ0) is 18.1. The Labute approximate surface area is 179 Å². The number of aliphatic hydroxyl groups is 1. The Morgan fingerprint density at radius 1 is 1.27 bits per heavy atom. The van der Waals surface area contributed by atoms with E-state index in [4.69, 9.17) is 9.15 Å². The number of halogens is 2. The Hall–Kier alpha value is -1.26. The fraction of sp³-hybridized carbons (Fsp3) is 0.389. The van der Waals surface area contributed by atoms with Crippen molar-refractivity contribution >= 4 is 45.9 Å². The number of benzene rings is 1. The van der Waals surface area contributed by atoms with Crippen molar-refractivity contribution in [3.8, 4) is 5.75 Å². The van der Waals surface area contributed by atoms with E-state index in [9.17, 15) is 5.11 Å². The first-order valence-corrected chi connectivity index (χ1v) is 9.04. The summed E-state index contributed by atoms with van der Waals surface area (Å²) in [6.07, 6.45) is 0.712. The van der Waals surface area contributed by atoms with Gasteiger partial charge >= 0.3 is 0 Å². The molecule has 0 saturated carbocycles. The third-order valence-electron chi connectivity index (χ3n) is 3.36. The van der Waals surface area contributed by atoms with Crippen molar-refractivity contribution in [2.24, 2.45) is 4.99 Å². The summed E-state index contributed by atoms with van der Waals surface area (Å²) in [7, 11) is 0. The molecule has 8 heteroatoms. The van der Waals surface area contributed by atoms with Gasteiger partial charge in [0.2, 0.25) is 0 Å². The molecule has 1 aromatic carbocycles. The highest BCUT2D eigenvalue weighted by Gasteiger charge is 2.11. The number of rotatable bonds is 8. The van der Waals surface area contributed by atoms with Gasteiger partial charge in [-0.1, -0.05) is 12.1 Å². The molecule has 0 aliphatic heterocycles. The summed E-state index contributed by atoms with van der Waals surface area (Å²) < 4.78 is 12.0. The van der Waals surface area contributed by atoms with Crippen molar-refractivity contribution < 1.29 is 14.3 Å². The number of aliphatic hydroxyl groups excluding tert-OH is 1. The predicted octanol–water partition coefficient (Wildman–Crippen LogP) is 3.72. The van der Waals surface area contributed by atoms with E-state index in [1.165, 1.54) is 6.26 Å². The van der Waals surface area contributed by atoms with E-state index in [-0.39, 0.29) is 36.6 Å². The highest BCUT2D eigenvalue weighted by Crippen LogP contribution is 2.24. The first kappa shape index (κ1) is 22.8. The Balaban J connectivity index is 0.00000338.